The second-order valence-electron chi connectivity index (χ2n) is 6.27. The molecule has 0 spiro atoms. The first-order valence-electron chi connectivity index (χ1n) is 5.55. The average Bonchev–Trinajstić information content (AvgIpc) is 2.09. The number of rotatable bonds is 3. The fraction of sp³-hybridized carbons (Fsp3) is 0.769. The summed E-state index contributed by atoms with van der Waals surface area (Å²) >= 11 is 0. The Balaban J connectivity index is 4.53. The number of allylic oxidation sites excluding steroid dienone is 1. The molecule has 0 aromatic rings. The number of hydrogen-bond acceptors (Lipinski definition) is 3. The van der Waals surface area contributed by atoms with Gasteiger partial charge < -0.3 is 10.2 Å². The standard InChI is InChI=1S/C13H24O3/c1-12(2,3)10(15)8-7-9(14)11(16)13(4,5)6/h7-9,11,14,16H,1-6H3/b8-7+/t9-,11+/m0/s1. The van der Waals surface area contributed by atoms with Crippen LogP contribution in [-0.2, 0) is 4.79 Å². The van der Waals surface area contributed by atoms with Crippen LogP contribution in [0.3, 0.4) is 0 Å². The minimum atomic E-state index is -1.01. The van der Waals surface area contributed by atoms with Crippen molar-refractivity contribution in [3.8, 4) is 0 Å². The Morgan fingerprint density at radius 1 is 1.06 bits per heavy atom. The zero-order valence-electron chi connectivity index (χ0n) is 11.1. The molecule has 0 unspecified atom stereocenters. The van der Waals surface area contributed by atoms with Crippen LogP contribution in [0.4, 0.5) is 0 Å². The van der Waals surface area contributed by atoms with Gasteiger partial charge in [0.05, 0.1) is 12.2 Å². The molecule has 0 aliphatic heterocycles. The fourth-order valence-corrected chi connectivity index (χ4v) is 1.05. The molecule has 3 heteroatoms. The molecule has 0 fully saturated rings. The van der Waals surface area contributed by atoms with Gasteiger partial charge in [0.25, 0.3) is 0 Å². The highest BCUT2D eigenvalue weighted by Crippen LogP contribution is 2.22. The highest BCUT2D eigenvalue weighted by Gasteiger charge is 2.28. The molecule has 0 bridgehead atoms. The van der Waals surface area contributed by atoms with Crippen molar-refractivity contribution in [3.63, 3.8) is 0 Å². The second-order valence-corrected chi connectivity index (χ2v) is 6.27. The summed E-state index contributed by atoms with van der Waals surface area (Å²) in [6.07, 6.45) is 0.825. The van der Waals surface area contributed by atoms with Crippen LogP contribution in [-0.4, -0.2) is 28.2 Å². The molecular formula is C13H24O3. The Hall–Kier alpha value is -0.670. The molecule has 16 heavy (non-hydrogen) atoms. The smallest absolute Gasteiger partial charge is 0.160 e. The van der Waals surface area contributed by atoms with Gasteiger partial charge in [-0.1, -0.05) is 47.6 Å². The maximum atomic E-state index is 11.6. The monoisotopic (exact) mass is 228 g/mol. The SMILES string of the molecule is CC(C)(C)C(=O)/C=C/[C@H](O)[C@@H](O)C(C)(C)C. The van der Waals surface area contributed by atoms with E-state index in [-0.39, 0.29) is 5.78 Å². The number of aliphatic hydroxyl groups excluding tert-OH is 2. The van der Waals surface area contributed by atoms with Crippen molar-refractivity contribution >= 4 is 5.78 Å². The summed E-state index contributed by atoms with van der Waals surface area (Å²) in [6.45, 7) is 10.9. The average molecular weight is 228 g/mol. The van der Waals surface area contributed by atoms with Gasteiger partial charge in [0.15, 0.2) is 5.78 Å². The van der Waals surface area contributed by atoms with Gasteiger partial charge in [-0.25, -0.2) is 0 Å². The van der Waals surface area contributed by atoms with Crippen molar-refractivity contribution in [3.05, 3.63) is 12.2 Å². The van der Waals surface area contributed by atoms with E-state index in [2.05, 4.69) is 0 Å². The van der Waals surface area contributed by atoms with E-state index in [9.17, 15) is 15.0 Å². The predicted molar refractivity (Wildman–Crippen MR) is 65.1 cm³/mol. The Labute approximate surface area is 98.2 Å². The summed E-state index contributed by atoms with van der Waals surface area (Å²) < 4.78 is 0. The van der Waals surface area contributed by atoms with Crippen molar-refractivity contribution in [2.75, 3.05) is 0 Å². The fourth-order valence-electron chi connectivity index (χ4n) is 1.05. The highest BCUT2D eigenvalue weighted by atomic mass is 16.3. The van der Waals surface area contributed by atoms with Crippen molar-refractivity contribution in [1.29, 1.82) is 0 Å². The largest absolute Gasteiger partial charge is 0.390 e. The lowest BCUT2D eigenvalue weighted by atomic mass is 9.85. The summed E-state index contributed by atoms with van der Waals surface area (Å²) in [5, 5.41) is 19.4. The van der Waals surface area contributed by atoms with E-state index < -0.39 is 23.0 Å². The second kappa shape index (κ2) is 5.11. The Bertz CT molecular complexity index is 266. The van der Waals surface area contributed by atoms with Gasteiger partial charge in [-0.05, 0) is 11.5 Å². The molecule has 2 atom stereocenters. The number of hydrogen-bond donors (Lipinski definition) is 2. The first-order chi connectivity index (χ1) is 6.96. The third kappa shape index (κ3) is 4.90. The molecule has 0 aromatic carbocycles. The van der Waals surface area contributed by atoms with Gasteiger partial charge >= 0.3 is 0 Å². The van der Waals surface area contributed by atoms with E-state index in [1.165, 1.54) is 12.2 Å². The lowest BCUT2D eigenvalue weighted by Crippen LogP contribution is -2.36. The summed E-state index contributed by atoms with van der Waals surface area (Å²) in [5.74, 6) is -0.0624. The zero-order chi connectivity index (χ0) is 13.1. The van der Waals surface area contributed by atoms with Crippen molar-refractivity contribution in [1.82, 2.24) is 0 Å². The van der Waals surface area contributed by atoms with Crippen molar-refractivity contribution in [2.45, 2.75) is 53.8 Å². The van der Waals surface area contributed by atoms with Gasteiger partial charge in [-0.15, -0.1) is 0 Å². The molecule has 0 radical (unpaired) electrons. The van der Waals surface area contributed by atoms with Crippen LogP contribution in [0.1, 0.15) is 41.5 Å². The van der Waals surface area contributed by atoms with Crippen LogP contribution in [0.5, 0.6) is 0 Å². The molecule has 0 saturated heterocycles. The maximum Gasteiger partial charge on any atom is 0.160 e. The van der Waals surface area contributed by atoms with Gasteiger partial charge in [0.1, 0.15) is 0 Å². The van der Waals surface area contributed by atoms with Crippen LogP contribution in [0, 0.1) is 10.8 Å². The molecular weight excluding hydrogens is 204 g/mol. The van der Waals surface area contributed by atoms with Gasteiger partial charge in [-0.3, -0.25) is 4.79 Å². The van der Waals surface area contributed by atoms with Gasteiger partial charge in [0.2, 0.25) is 0 Å². The molecule has 0 rings (SSSR count). The Morgan fingerprint density at radius 2 is 1.50 bits per heavy atom. The summed E-state index contributed by atoms with van der Waals surface area (Å²) in [6, 6.07) is 0. The normalized spacial score (nSPS) is 17.5. The number of carbonyl (C=O) groups excluding carboxylic acids is 1. The Kier molecular flexibility index (Phi) is 4.89. The quantitative estimate of drug-likeness (QED) is 0.726. The number of ketones is 1. The van der Waals surface area contributed by atoms with Crippen molar-refractivity contribution < 1.29 is 15.0 Å². The lowest BCUT2D eigenvalue weighted by Gasteiger charge is -2.28. The maximum absolute atomic E-state index is 11.6. The van der Waals surface area contributed by atoms with E-state index in [1.807, 2.05) is 41.5 Å². The zero-order valence-corrected chi connectivity index (χ0v) is 11.1. The Morgan fingerprint density at radius 3 is 1.81 bits per heavy atom. The van der Waals surface area contributed by atoms with E-state index in [1.54, 1.807) is 0 Å². The van der Waals surface area contributed by atoms with E-state index >= 15 is 0 Å². The van der Waals surface area contributed by atoms with Crippen LogP contribution in [0.2, 0.25) is 0 Å². The first-order valence-corrected chi connectivity index (χ1v) is 5.55. The molecule has 0 aromatic heterocycles. The molecule has 0 heterocycles. The third-order valence-corrected chi connectivity index (χ3v) is 2.39. The molecule has 94 valence electrons. The van der Waals surface area contributed by atoms with E-state index in [0.29, 0.717) is 0 Å². The van der Waals surface area contributed by atoms with Crippen LogP contribution < -0.4 is 0 Å². The summed E-state index contributed by atoms with van der Waals surface area (Å²) in [4.78, 5) is 11.6. The van der Waals surface area contributed by atoms with Gasteiger partial charge in [-0.2, -0.15) is 0 Å². The molecule has 2 N–H and O–H groups in total. The molecule has 0 saturated carbocycles. The first kappa shape index (κ1) is 15.3. The lowest BCUT2D eigenvalue weighted by molar-refractivity contribution is -0.121. The van der Waals surface area contributed by atoms with Crippen LogP contribution >= 0.6 is 0 Å². The molecule has 0 aliphatic carbocycles. The minimum Gasteiger partial charge on any atom is -0.390 e. The van der Waals surface area contributed by atoms with E-state index in [0.717, 1.165) is 0 Å². The number of carbonyl (C=O) groups is 1. The third-order valence-electron chi connectivity index (χ3n) is 2.39. The molecule has 0 amide bonds. The van der Waals surface area contributed by atoms with Crippen LogP contribution in [0.15, 0.2) is 12.2 Å². The topological polar surface area (TPSA) is 57.5 Å². The summed E-state index contributed by atoms with van der Waals surface area (Å²) in [7, 11) is 0. The molecule has 3 nitrogen and oxygen atoms in total. The van der Waals surface area contributed by atoms with Crippen molar-refractivity contribution in [2.24, 2.45) is 10.8 Å². The minimum absolute atomic E-state index is 0.0624. The summed E-state index contributed by atoms with van der Waals surface area (Å²) in [5.41, 5.74) is -0.864. The van der Waals surface area contributed by atoms with Crippen LogP contribution in [0.25, 0.3) is 0 Å². The predicted octanol–water partition coefficient (Wildman–Crippen LogP) is 1.93. The van der Waals surface area contributed by atoms with Gasteiger partial charge in [0, 0.05) is 5.41 Å². The van der Waals surface area contributed by atoms with E-state index in [4.69, 9.17) is 0 Å². The number of aliphatic hydroxyl groups is 2. The molecule has 0 aliphatic rings. The highest BCUT2D eigenvalue weighted by molar-refractivity contribution is 5.93.